The molecule has 1 atom stereocenters. The van der Waals surface area contributed by atoms with E-state index in [1.807, 2.05) is 36.4 Å². The fourth-order valence-corrected chi connectivity index (χ4v) is 4.12. The lowest BCUT2D eigenvalue weighted by Crippen LogP contribution is -2.43. The molecule has 8 nitrogen and oxygen atoms in total. The number of carboxylic acid groups (broad SMARTS) is 1. The lowest BCUT2D eigenvalue weighted by molar-refractivity contribution is -0.140. The summed E-state index contributed by atoms with van der Waals surface area (Å²) in [5, 5.41) is 23.0. The van der Waals surface area contributed by atoms with Gasteiger partial charge in [0, 0.05) is 17.2 Å². The molecule has 4 N–H and O–H groups in total. The Labute approximate surface area is 196 Å². The molecular formula is C26H24N2O6. The maximum atomic E-state index is 12.5. The van der Waals surface area contributed by atoms with Crippen LogP contribution in [0.25, 0.3) is 11.1 Å². The van der Waals surface area contributed by atoms with E-state index in [1.54, 1.807) is 13.0 Å². The van der Waals surface area contributed by atoms with Crippen LogP contribution in [0.15, 0.2) is 66.7 Å². The molecule has 1 aliphatic rings. The minimum Gasteiger partial charge on any atom is -0.480 e. The molecule has 34 heavy (non-hydrogen) atoms. The van der Waals surface area contributed by atoms with Gasteiger partial charge >= 0.3 is 12.1 Å². The predicted octanol–water partition coefficient (Wildman–Crippen LogP) is 3.53. The Balaban J connectivity index is 1.40. The highest BCUT2D eigenvalue weighted by molar-refractivity contribution is 5.97. The first-order chi connectivity index (χ1) is 16.4. The van der Waals surface area contributed by atoms with Gasteiger partial charge in [0.2, 0.25) is 0 Å². The van der Waals surface area contributed by atoms with Crippen molar-refractivity contribution in [3.05, 3.63) is 89.0 Å². The number of benzene rings is 3. The Bertz CT molecular complexity index is 1210. The third-order valence-electron chi connectivity index (χ3n) is 5.85. The molecule has 0 aliphatic heterocycles. The summed E-state index contributed by atoms with van der Waals surface area (Å²) in [6.45, 7) is 1.16. The van der Waals surface area contributed by atoms with Crippen LogP contribution in [0.4, 0.5) is 10.5 Å². The molecule has 3 aromatic carbocycles. The molecule has 0 spiro atoms. The van der Waals surface area contributed by atoms with Gasteiger partial charge in [-0.3, -0.25) is 10.1 Å². The lowest BCUT2D eigenvalue weighted by atomic mass is 9.98. The van der Waals surface area contributed by atoms with Crippen molar-refractivity contribution in [2.75, 3.05) is 18.5 Å². The Morgan fingerprint density at radius 3 is 2.15 bits per heavy atom. The summed E-state index contributed by atoms with van der Waals surface area (Å²) in [5.74, 6) is -2.03. The van der Waals surface area contributed by atoms with E-state index in [2.05, 4.69) is 22.8 Å². The molecule has 0 saturated carbocycles. The first kappa shape index (κ1) is 23.0. The van der Waals surface area contributed by atoms with Crippen molar-refractivity contribution in [3.8, 4) is 11.1 Å². The zero-order valence-electron chi connectivity index (χ0n) is 18.4. The average Bonchev–Trinajstić information content (AvgIpc) is 3.16. The molecule has 0 unspecified atom stereocenters. The molecule has 0 bridgehead atoms. The maximum Gasteiger partial charge on any atom is 0.411 e. The Morgan fingerprint density at radius 2 is 1.59 bits per heavy atom. The molecule has 174 valence electrons. The number of hydrogen-bond donors (Lipinski definition) is 4. The SMILES string of the molecule is Cc1cc(C(=O)N[C@H](CO)C(=O)O)ccc1NC(=O)OCC1c2ccccc2-c2ccccc21. The number of aryl methyl sites for hydroxylation is 1. The summed E-state index contributed by atoms with van der Waals surface area (Å²) in [6.07, 6.45) is -0.617. The van der Waals surface area contributed by atoms with Gasteiger partial charge in [0.25, 0.3) is 5.91 Å². The number of amides is 2. The number of carbonyl (C=O) groups excluding carboxylic acids is 2. The predicted molar refractivity (Wildman–Crippen MR) is 126 cm³/mol. The minimum absolute atomic E-state index is 0.0565. The third kappa shape index (κ3) is 4.62. The maximum absolute atomic E-state index is 12.5. The van der Waals surface area contributed by atoms with Crippen molar-refractivity contribution in [1.82, 2.24) is 5.32 Å². The molecule has 2 amide bonds. The highest BCUT2D eigenvalue weighted by atomic mass is 16.5. The van der Waals surface area contributed by atoms with Crippen LogP contribution in [0.5, 0.6) is 0 Å². The Hall–Kier alpha value is -4.17. The number of aliphatic carboxylic acids is 1. The van der Waals surface area contributed by atoms with E-state index in [0.29, 0.717) is 11.3 Å². The van der Waals surface area contributed by atoms with Gasteiger partial charge in [0.15, 0.2) is 6.04 Å². The van der Waals surface area contributed by atoms with Crippen molar-refractivity contribution in [2.24, 2.45) is 0 Å². The summed E-state index contributed by atoms with van der Waals surface area (Å²) >= 11 is 0. The summed E-state index contributed by atoms with van der Waals surface area (Å²) < 4.78 is 5.55. The van der Waals surface area contributed by atoms with Gasteiger partial charge in [-0.05, 0) is 52.9 Å². The van der Waals surface area contributed by atoms with Crippen LogP contribution in [0.1, 0.15) is 33.0 Å². The molecule has 8 heteroatoms. The van der Waals surface area contributed by atoms with Crippen LogP contribution < -0.4 is 10.6 Å². The second kappa shape index (κ2) is 9.76. The molecule has 4 rings (SSSR count). The molecule has 0 radical (unpaired) electrons. The van der Waals surface area contributed by atoms with Crippen LogP contribution >= 0.6 is 0 Å². The van der Waals surface area contributed by atoms with E-state index in [1.165, 1.54) is 12.1 Å². The first-order valence-electron chi connectivity index (χ1n) is 10.8. The third-order valence-corrected chi connectivity index (χ3v) is 5.85. The minimum atomic E-state index is -1.40. The summed E-state index contributed by atoms with van der Waals surface area (Å²) in [5.41, 5.74) is 5.78. The molecular weight excluding hydrogens is 436 g/mol. The van der Waals surface area contributed by atoms with Crippen molar-refractivity contribution < 1.29 is 29.3 Å². The van der Waals surface area contributed by atoms with Crippen LogP contribution in [0, 0.1) is 6.92 Å². The van der Waals surface area contributed by atoms with Gasteiger partial charge in [0.1, 0.15) is 6.61 Å². The van der Waals surface area contributed by atoms with Gasteiger partial charge in [-0.15, -0.1) is 0 Å². The van der Waals surface area contributed by atoms with Crippen LogP contribution in [0.2, 0.25) is 0 Å². The second-order valence-corrected chi connectivity index (χ2v) is 8.03. The monoisotopic (exact) mass is 460 g/mol. The Kier molecular flexibility index (Phi) is 6.60. The van der Waals surface area contributed by atoms with E-state index in [9.17, 15) is 14.4 Å². The van der Waals surface area contributed by atoms with Crippen LogP contribution in [0.3, 0.4) is 0 Å². The van der Waals surface area contributed by atoms with Crippen LogP contribution in [-0.4, -0.2) is 47.4 Å². The molecule has 0 fully saturated rings. The van der Waals surface area contributed by atoms with Crippen molar-refractivity contribution in [1.29, 1.82) is 0 Å². The normalized spacial score (nSPS) is 12.9. The number of aliphatic hydroxyl groups excluding tert-OH is 1. The number of fused-ring (bicyclic) bond motifs is 3. The highest BCUT2D eigenvalue weighted by Gasteiger charge is 2.29. The number of carboxylic acids is 1. The second-order valence-electron chi connectivity index (χ2n) is 8.03. The Morgan fingerprint density at radius 1 is 0.971 bits per heavy atom. The summed E-state index contributed by atoms with van der Waals surface area (Å²) in [4.78, 5) is 35.8. The van der Waals surface area contributed by atoms with Gasteiger partial charge in [-0.2, -0.15) is 0 Å². The average molecular weight is 460 g/mol. The van der Waals surface area contributed by atoms with Crippen LogP contribution in [-0.2, 0) is 9.53 Å². The summed E-state index contributed by atoms with van der Waals surface area (Å²) in [6, 6.07) is 19.3. The van der Waals surface area contributed by atoms with Gasteiger partial charge in [0.05, 0.1) is 6.61 Å². The van der Waals surface area contributed by atoms with E-state index in [4.69, 9.17) is 14.9 Å². The number of nitrogens with one attached hydrogen (secondary N) is 2. The number of ether oxygens (including phenoxy) is 1. The number of carbonyl (C=O) groups is 3. The molecule has 1 aliphatic carbocycles. The quantitative estimate of drug-likeness (QED) is 0.428. The fourth-order valence-electron chi connectivity index (χ4n) is 4.12. The zero-order chi connectivity index (χ0) is 24.2. The van der Waals surface area contributed by atoms with Crippen molar-refractivity contribution in [2.45, 2.75) is 18.9 Å². The topological polar surface area (TPSA) is 125 Å². The van der Waals surface area contributed by atoms with Crippen molar-refractivity contribution >= 4 is 23.7 Å². The molecule has 0 heterocycles. The highest BCUT2D eigenvalue weighted by Crippen LogP contribution is 2.44. The number of hydrogen-bond acceptors (Lipinski definition) is 5. The number of anilines is 1. The number of aliphatic hydroxyl groups is 1. The van der Waals surface area contributed by atoms with Gasteiger partial charge in [-0.25, -0.2) is 9.59 Å². The fraction of sp³-hybridized carbons (Fsp3) is 0.192. The zero-order valence-corrected chi connectivity index (χ0v) is 18.4. The van der Waals surface area contributed by atoms with Gasteiger partial charge < -0.3 is 20.3 Å². The smallest absolute Gasteiger partial charge is 0.411 e. The first-order valence-corrected chi connectivity index (χ1v) is 10.8. The van der Waals surface area contributed by atoms with Gasteiger partial charge in [-0.1, -0.05) is 48.5 Å². The summed E-state index contributed by atoms with van der Waals surface area (Å²) in [7, 11) is 0. The van der Waals surface area contributed by atoms with E-state index >= 15 is 0 Å². The largest absolute Gasteiger partial charge is 0.480 e. The van der Waals surface area contributed by atoms with E-state index < -0.39 is 30.6 Å². The van der Waals surface area contributed by atoms with Crippen molar-refractivity contribution in [3.63, 3.8) is 0 Å². The molecule has 3 aromatic rings. The van der Waals surface area contributed by atoms with E-state index in [-0.39, 0.29) is 18.1 Å². The lowest BCUT2D eigenvalue weighted by Gasteiger charge is -2.16. The van der Waals surface area contributed by atoms with E-state index in [0.717, 1.165) is 22.3 Å². The molecule has 0 aromatic heterocycles. The number of rotatable bonds is 7. The molecule has 0 saturated heterocycles. The standard InChI is InChI=1S/C26H24N2O6/c1-15-12-16(24(30)27-23(13-29)25(31)32)10-11-22(15)28-26(33)34-14-21-19-8-4-2-6-17(19)18-7-3-5-9-20(18)21/h2-12,21,23,29H,13-14H2,1H3,(H,27,30)(H,28,33)(H,31,32)/t23-/m1/s1.